The highest BCUT2D eigenvalue weighted by molar-refractivity contribution is 8.15. The number of imide groups is 1. The Morgan fingerprint density at radius 2 is 1.96 bits per heavy atom. The van der Waals surface area contributed by atoms with Crippen LogP contribution in [0.1, 0.15) is 12.1 Å². The zero-order valence-electron chi connectivity index (χ0n) is 13.2. The van der Waals surface area contributed by atoms with Gasteiger partial charge in [0.2, 0.25) is 11.8 Å². The van der Waals surface area contributed by atoms with Crippen molar-refractivity contribution >= 4 is 56.9 Å². The predicted molar refractivity (Wildman–Crippen MR) is 97.4 cm³/mol. The minimum atomic E-state index is -1.01. The van der Waals surface area contributed by atoms with E-state index in [2.05, 4.69) is 10.3 Å². The van der Waals surface area contributed by atoms with Gasteiger partial charge in [-0.25, -0.2) is 9.88 Å². The molecule has 1 aromatic heterocycles. The second kappa shape index (κ2) is 7.67. The number of carboxylic acids is 1. The molecule has 0 bridgehead atoms. The molecule has 1 aliphatic rings. The molecule has 3 amide bonds. The quantitative estimate of drug-likeness (QED) is 0.776. The van der Waals surface area contributed by atoms with Crippen LogP contribution in [0.5, 0.6) is 0 Å². The lowest BCUT2D eigenvalue weighted by Crippen LogP contribution is -2.32. The zero-order valence-corrected chi connectivity index (χ0v) is 14.9. The first-order chi connectivity index (χ1) is 12.4. The number of hydrogen-bond acceptors (Lipinski definition) is 7. The number of carboxylic acid groups (broad SMARTS) is 1. The maximum Gasteiger partial charge on any atom is 0.309 e. The molecule has 2 heterocycles. The Bertz CT molecular complexity index is 868. The molecule has 0 spiro atoms. The standard InChI is InChI=1S/C16H13N3O5S2/c20-12(18-15-17-9(8-25-15)6-13(21)22)7-11-14(23)19(16(24)26-11)10-4-2-1-3-5-10/h1-5,8,11H,6-7H2,(H,21,22)(H,17,18,20). The lowest BCUT2D eigenvalue weighted by molar-refractivity contribution is -0.136. The van der Waals surface area contributed by atoms with Gasteiger partial charge in [-0.15, -0.1) is 11.3 Å². The molecule has 2 N–H and O–H groups in total. The van der Waals surface area contributed by atoms with Crippen LogP contribution in [0.15, 0.2) is 35.7 Å². The van der Waals surface area contributed by atoms with Crippen LogP contribution in [-0.4, -0.2) is 38.4 Å². The first-order valence-electron chi connectivity index (χ1n) is 7.49. The first kappa shape index (κ1) is 18.1. The summed E-state index contributed by atoms with van der Waals surface area (Å²) < 4.78 is 0. The molecule has 1 fully saturated rings. The molecule has 1 atom stereocenters. The Morgan fingerprint density at radius 3 is 2.65 bits per heavy atom. The molecule has 1 aliphatic heterocycles. The summed E-state index contributed by atoms with van der Waals surface area (Å²) in [5.74, 6) is -1.91. The van der Waals surface area contributed by atoms with Crippen LogP contribution in [0.3, 0.4) is 0 Å². The van der Waals surface area contributed by atoms with Crippen LogP contribution >= 0.6 is 23.1 Å². The fourth-order valence-corrected chi connectivity index (χ4v) is 4.05. The molecule has 3 rings (SSSR count). The van der Waals surface area contributed by atoms with Crippen molar-refractivity contribution in [2.24, 2.45) is 0 Å². The van der Waals surface area contributed by atoms with Crippen molar-refractivity contribution in [2.75, 3.05) is 10.2 Å². The summed E-state index contributed by atoms with van der Waals surface area (Å²) in [4.78, 5) is 52.4. The Labute approximate surface area is 156 Å². The van der Waals surface area contributed by atoms with Crippen molar-refractivity contribution in [3.63, 3.8) is 0 Å². The number of hydrogen-bond donors (Lipinski definition) is 2. The Balaban J connectivity index is 1.61. The monoisotopic (exact) mass is 391 g/mol. The third kappa shape index (κ3) is 4.09. The van der Waals surface area contributed by atoms with Crippen molar-refractivity contribution < 1.29 is 24.3 Å². The van der Waals surface area contributed by atoms with Gasteiger partial charge < -0.3 is 10.4 Å². The molecule has 134 valence electrons. The van der Waals surface area contributed by atoms with Crippen LogP contribution < -0.4 is 10.2 Å². The number of aromatic nitrogens is 1. The lowest BCUT2D eigenvalue weighted by Gasteiger charge is -2.13. The van der Waals surface area contributed by atoms with Crippen molar-refractivity contribution in [3.05, 3.63) is 41.4 Å². The van der Waals surface area contributed by atoms with Crippen LogP contribution in [0.2, 0.25) is 0 Å². The molecule has 0 radical (unpaired) electrons. The van der Waals surface area contributed by atoms with Gasteiger partial charge in [-0.2, -0.15) is 0 Å². The minimum absolute atomic E-state index is 0.174. The van der Waals surface area contributed by atoms with E-state index in [0.29, 0.717) is 11.4 Å². The molecular formula is C16H13N3O5S2. The zero-order chi connectivity index (χ0) is 18.7. The van der Waals surface area contributed by atoms with Crippen molar-refractivity contribution in [3.8, 4) is 0 Å². The van der Waals surface area contributed by atoms with Gasteiger partial charge in [0.25, 0.3) is 5.24 Å². The number of rotatable bonds is 6. The highest BCUT2D eigenvalue weighted by atomic mass is 32.2. The van der Waals surface area contributed by atoms with E-state index in [1.54, 1.807) is 35.7 Å². The number of thiazole rings is 1. The van der Waals surface area contributed by atoms with Gasteiger partial charge in [0, 0.05) is 11.8 Å². The molecule has 26 heavy (non-hydrogen) atoms. The van der Waals surface area contributed by atoms with Crippen LogP contribution in [0, 0.1) is 0 Å². The Kier molecular flexibility index (Phi) is 5.33. The topological polar surface area (TPSA) is 117 Å². The number of anilines is 2. The average Bonchev–Trinajstić information content (AvgIpc) is 3.12. The third-order valence-electron chi connectivity index (χ3n) is 3.44. The van der Waals surface area contributed by atoms with Crippen LogP contribution in [0.25, 0.3) is 0 Å². The largest absolute Gasteiger partial charge is 0.481 e. The van der Waals surface area contributed by atoms with E-state index in [4.69, 9.17) is 5.11 Å². The summed E-state index contributed by atoms with van der Waals surface area (Å²) in [6.07, 6.45) is -0.406. The van der Waals surface area contributed by atoms with E-state index in [0.717, 1.165) is 28.0 Å². The van der Waals surface area contributed by atoms with E-state index in [1.165, 1.54) is 0 Å². The molecule has 1 unspecified atom stereocenters. The normalized spacial score (nSPS) is 16.8. The smallest absolute Gasteiger partial charge is 0.309 e. The number of para-hydroxylation sites is 1. The number of carbonyl (C=O) groups is 4. The summed E-state index contributed by atoms with van der Waals surface area (Å²) in [7, 11) is 0. The second-order valence-corrected chi connectivity index (χ2v) is 7.36. The maximum atomic E-state index is 12.5. The number of aliphatic carboxylic acids is 1. The number of nitrogens with zero attached hydrogens (tertiary/aromatic N) is 2. The van der Waals surface area contributed by atoms with Gasteiger partial charge >= 0.3 is 5.97 Å². The lowest BCUT2D eigenvalue weighted by atomic mass is 10.2. The van der Waals surface area contributed by atoms with Gasteiger partial charge in [0.1, 0.15) is 5.25 Å². The number of carbonyl (C=O) groups excluding carboxylic acids is 3. The summed E-state index contributed by atoms with van der Waals surface area (Å²) >= 11 is 1.91. The molecule has 0 aliphatic carbocycles. The predicted octanol–water partition coefficient (Wildman–Crippen LogP) is 2.37. The van der Waals surface area contributed by atoms with Crippen molar-refractivity contribution in [1.29, 1.82) is 0 Å². The highest BCUT2D eigenvalue weighted by Crippen LogP contribution is 2.33. The van der Waals surface area contributed by atoms with Gasteiger partial charge in [0.15, 0.2) is 5.13 Å². The number of amides is 3. The summed E-state index contributed by atoms with van der Waals surface area (Å²) in [6, 6.07) is 8.52. The molecule has 10 heteroatoms. The SMILES string of the molecule is O=C(O)Cc1csc(NC(=O)CC2SC(=O)N(c3ccccc3)C2=O)n1. The maximum absolute atomic E-state index is 12.5. The van der Waals surface area contributed by atoms with Gasteiger partial charge in [-0.05, 0) is 23.9 Å². The fourth-order valence-electron chi connectivity index (χ4n) is 2.34. The van der Waals surface area contributed by atoms with E-state index in [1.807, 2.05) is 0 Å². The number of nitrogens with one attached hydrogen (secondary N) is 1. The van der Waals surface area contributed by atoms with Gasteiger partial charge in [-0.3, -0.25) is 19.2 Å². The molecule has 8 nitrogen and oxygen atoms in total. The second-order valence-electron chi connectivity index (χ2n) is 5.35. The van der Waals surface area contributed by atoms with Gasteiger partial charge in [0.05, 0.1) is 17.8 Å². The Hall–Kier alpha value is -2.72. The molecule has 0 saturated carbocycles. The van der Waals surface area contributed by atoms with Crippen molar-refractivity contribution in [1.82, 2.24) is 4.98 Å². The Morgan fingerprint density at radius 1 is 1.23 bits per heavy atom. The molecule has 1 saturated heterocycles. The summed E-state index contributed by atoms with van der Waals surface area (Å²) in [6.45, 7) is 0. The molecule has 2 aromatic rings. The number of benzene rings is 1. The average molecular weight is 391 g/mol. The van der Waals surface area contributed by atoms with Crippen molar-refractivity contribution in [2.45, 2.75) is 18.1 Å². The fraction of sp³-hybridized carbons (Fsp3) is 0.188. The van der Waals surface area contributed by atoms with E-state index >= 15 is 0 Å². The highest BCUT2D eigenvalue weighted by Gasteiger charge is 2.41. The van der Waals surface area contributed by atoms with Crippen LogP contribution in [-0.2, 0) is 20.8 Å². The van der Waals surface area contributed by atoms with E-state index in [-0.39, 0.29) is 18.0 Å². The number of thioether (sulfide) groups is 1. The van der Waals surface area contributed by atoms with Gasteiger partial charge in [-0.1, -0.05) is 18.2 Å². The summed E-state index contributed by atoms with van der Waals surface area (Å²) in [5, 5.41) is 11.8. The molecular weight excluding hydrogens is 378 g/mol. The van der Waals surface area contributed by atoms with Crippen LogP contribution in [0.4, 0.5) is 15.6 Å². The van der Waals surface area contributed by atoms with E-state index < -0.39 is 28.3 Å². The van der Waals surface area contributed by atoms with E-state index in [9.17, 15) is 19.2 Å². The minimum Gasteiger partial charge on any atom is -0.481 e. The first-order valence-corrected chi connectivity index (χ1v) is 9.25. The molecule has 1 aromatic carbocycles. The summed E-state index contributed by atoms with van der Waals surface area (Å²) in [5.41, 5.74) is 0.811. The third-order valence-corrected chi connectivity index (χ3v) is 5.28.